The summed E-state index contributed by atoms with van der Waals surface area (Å²) in [4.78, 5) is 11.6. The van der Waals surface area contributed by atoms with Crippen LogP contribution in [-0.4, -0.2) is 39.3 Å². The van der Waals surface area contributed by atoms with Gasteiger partial charge in [-0.2, -0.15) is 17.4 Å². The van der Waals surface area contributed by atoms with Gasteiger partial charge in [0.25, 0.3) is 10.2 Å². The second-order valence-electron chi connectivity index (χ2n) is 4.12. The van der Waals surface area contributed by atoms with Gasteiger partial charge in [0, 0.05) is 24.8 Å². The summed E-state index contributed by atoms with van der Waals surface area (Å²) in [6.45, 7) is 1.51. The van der Waals surface area contributed by atoms with Crippen molar-refractivity contribution in [2.45, 2.75) is 6.92 Å². The molecule has 19 heavy (non-hydrogen) atoms. The van der Waals surface area contributed by atoms with E-state index in [-0.39, 0.29) is 6.54 Å². The average Bonchev–Trinajstić information content (AvgIpc) is 2.31. The Labute approximate surface area is 117 Å². The number of benzene rings is 1. The summed E-state index contributed by atoms with van der Waals surface area (Å²) < 4.78 is 25.9. The van der Waals surface area contributed by atoms with E-state index in [2.05, 4.69) is 10.0 Å². The third-order valence-corrected chi connectivity index (χ3v) is 4.23. The lowest BCUT2D eigenvalue weighted by molar-refractivity contribution is -0.115. The Bertz CT molecular complexity index is 573. The van der Waals surface area contributed by atoms with E-state index < -0.39 is 16.1 Å². The van der Waals surface area contributed by atoms with Gasteiger partial charge < -0.3 is 5.32 Å². The first-order valence-electron chi connectivity index (χ1n) is 5.45. The number of hydrogen-bond donors (Lipinski definition) is 2. The summed E-state index contributed by atoms with van der Waals surface area (Å²) in [5, 5.41) is 3.09. The molecule has 0 radical (unpaired) electrons. The van der Waals surface area contributed by atoms with Crippen molar-refractivity contribution >= 4 is 33.4 Å². The van der Waals surface area contributed by atoms with Crippen LogP contribution in [0.1, 0.15) is 5.56 Å². The topological polar surface area (TPSA) is 78.5 Å². The van der Waals surface area contributed by atoms with E-state index in [4.69, 9.17) is 11.6 Å². The highest BCUT2D eigenvalue weighted by atomic mass is 35.5. The van der Waals surface area contributed by atoms with E-state index in [0.717, 1.165) is 9.87 Å². The SMILES string of the molecule is Cc1ccc(NC(=O)CNS(=O)(=O)N(C)C)cc1Cl. The number of nitrogens with zero attached hydrogens (tertiary/aromatic N) is 1. The number of nitrogens with one attached hydrogen (secondary N) is 2. The van der Waals surface area contributed by atoms with E-state index in [1.165, 1.54) is 14.1 Å². The summed E-state index contributed by atoms with van der Waals surface area (Å²) in [5.74, 6) is -0.467. The van der Waals surface area contributed by atoms with Gasteiger partial charge in [-0.1, -0.05) is 17.7 Å². The van der Waals surface area contributed by atoms with Gasteiger partial charge in [-0.25, -0.2) is 0 Å². The van der Waals surface area contributed by atoms with Crippen molar-refractivity contribution in [2.75, 3.05) is 26.0 Å². The molecule has 0 atom stereocenters. The van der Waals surface area contributed by atoms with Crippen LogP contribution in [0.5, 0.6) is 0 Å². The van der Waals surface area contributed by atoms with Gasteiger partial charge in [0.2, 0.25) is 5.91 Å². The fourth-order valence-corrected chi connectivity index (χ4v) is 1.91. The van der Waals surface area contributed by atoms with Crippen LogP contribution < -0.4 is 10.0 Å². The molecule has 0 aromatic heterocycles. The molecule has 8 heteroatoms. The number of carbonyl (C=O) groups is 1. The number of hydrogen-bond acceptors (Lipinski definition) is 3. The molecule has 1 aromatic rings. The van der Waals surface area contributed by atoms with E-state index in [1.54, 1.807) is 18.2 Å². The standard InChI is InChI=1S/C11H16ClN3O3S/c1-8-4-5-9(6-10(8)12)14-11(16)7-13-19(17,18)15(2)3/h4-6,13H,7H2,1-3H3,(H,14,16). The van der Waals surface area contributed by atoms with Gasteiger partial charge in [-0.3, -0.25) is 4.79 Å². The van der Waals surface area contributed by atoms with E-state index in [1.807, 2.05) is 6.92 Å². The largest absolute Gasteiger partial charge is 0.325 e. The lowest BCUT2D eigenvalue weighted by atomic mass is 10.2. The summed E-state index contributed by atoms with van der Waals surface area (Å²) in [6.07, 6.45) is 0. The van der Waals surface area contributed by atoms with Crippen LogP contribution in [0.3, 0.4) is 0 Å². The molecule has 0 spiro atoms. The van der Waals surface area contributed by atoms with Gasteiger partial charge in [0.1, 0.15) is 0 Å². The zero-order valence-electron chi connectivity index (χ0n) is 10.9. The van der Waals surface area contributed by atoms with Crippen molar-refractivity contribution in [3.8, 4) is 0 Å². The van der Waals surface area contributed by atoms with Gasteiger partial charge in [-0.15, -0.1) is 0 Å². The van der Waals surface area contributed by atoms with E-state index in [9.17, 15) is 13.2 Å². The van der Waals surface area contributed by atoms with Gasteiger partial charge in [0.15, 0.2) is 0 Å². The first-order valence-corrected chi connectivity index (χ1v) is 7.27. The molecule has 0 bridgehead atoms. The molecule has 0 saturated heterocycles. The minimum atomic E-state index is -3.60. The summed E-state index contributed by atoms with van der Waals surface area (Å²) >= 11 is 5.92. The van der Waals surface area contributed by atoms with Crippen LogP contribution in [0.15, 0.2) is 18.2 Å². The Morgan fingerprint density at radius 3 is 2.53 bits per heavy atom. The number of aryl methyl sites for hydroxylation is 1. The zero-order valence-corrected chi connectivity index (χ0v) is 12.5. The molecule has 6 nitrogen and oxygen atoms in total. The third-order valence-electron chi connectivity index (χ3n) is 2.35. The molecule has 1 rings (SSSR count). The van der Waals surface area contributed by atoms with Crippen molar-refractivity contribution < 1.29 is 13.2 Å². The van der Waals surface area contributed by atoms with Crippen LogP contribution in [0, 0.1) is 6.92 Å². The predicted octanol–water partition coefficient (Wildman–Crippen LogP) is 0.983. The number of carbonyl (C=O) groups excluding carboxylic acids is 1. The maximum Gasteiger partial charge on any atom is 0.279 e. The van der Waals surface area contributed by atoms with Crippen molar-refractivity contribution in [1.29, 1.82) is 0 Å². The zero-order chi connectivity index (χ0) is 14.6. The molecule has 0 heterocycles. The molecule has 0 saturated carbocycles. The number of halogens is 1. The van der Waals surface area contributed by atoms with E-state index in [0.29, 0.717) is 10.7 Å². The van der Waals surface area contributed by atoms with E-state index >= 15 is 0 Å². The Hall–Kier alpha value is -1.15. The van der Waals surface area contributed by atoms with Gasteiger partial charge >= 0.3 is 0 Å². The van der Waals surface area contributed by atoms with Gasteiger partial charge in [-0.05, 0) is 24.6 Å². The lowest BCUT2D eigenvalue weighted by Crippen LogP contribution is -2.40. The van der Waals surface area contributed by atoms with Crippen molar-refractivity contribution in [1.82, 2.24) is 9.03 Å². The highest BCUT2D eigenvalue weighted by Gasteiger charge is 2.14. The molecule has 0 fully saturated rings. The van der Waals surface area contributed by atoms with Crippen LogP contribution in [-0.2, 0) is 15.0 Å². The molecule has 0 unspecified atom stereocenters. The molecular weight excluding hydrogens is 290 g/mol. The molecule has 1 aromatic carbocycles. The highest BCUT2D eigenvalue weighted by molar-refractivity contribution is 7.87. The summed E-state index contributed by atoms with van der Waals surface area (Å²) in [6, 6.07) is 5.07. The van der Waals surface area contributed by atoms with Crippen LogP contribution in [0.2, 0.25) is 5.02 Å². The minimum Gasteiger partial charge on any atom is -0.325 e. The maximum absolute atomic E-state index is 11.6. The Morgan fingerprint density at radius 2 is 2.00 bits per heavy atom. The van der Waals surface area contributed by atoms with Crippen LogP contribution >= 0.6 is 11.6 Å². The first-order chi connectivity index (χ1) is 8.72. The Kier molecular flexibility index (Phi) is 5.30. The molecular formula is C11H16ClN3O3S. The molecule has 2 N–H and O–H groups in total. The molecule has 0 aliphatic carbocycles. The first kappa shape index (κ1) is 15.9. The molecule has 106 valence electrons. The Morgan fingerprint density at radius 1 is 1.37 bits per heavy atom. The Balaban J connectivity index is 2.59. The second-order valence-corrected chi connectivity index (χ2v) is 6.50. The second kappa shape index (κ2) is 6.33. The predicted molar refractivity (Wildman–Crippen MR) is 75.4 cm³/mol. The molecule has 1 amide bonds. The van der Waals surface area contributed by atoms with Crippen molar-refractivity contribution in [2.24, 2.45) is 0 Å². The lowest BCUT2D eigenvalue weighted by Gasteiger charge is -2.12. The monoisotopic (exact) mass is 305 g/mol. The molecule has 0 aliphatic rings. The van der Waals surface area contributed by atoms with Crippen molar-refractivity contribution in [3.63, 3.8) is 0 Å². The number of amides is 1. The number of anilines is 1. The normalized spacial score (nSPS) is 11.6. The van der Waals surface area contributed by atoms with Crippen LogP contribution in [0.25, 0.3) is 0 Å². The summed E-state index contributed by atoms with van der Waals surface area (Å²) in [5.41, 5.74) is 1.41. The third kappa shape index (κ3) is 4.79. The van der Waals surface area contributed by atoms with Crippen LogP contribution in [0.4, 0.5) is 5.69 Å². The smallest absolute Gasteiger partial charge is 0.279 e. The summed E-state index contributed by atoms with van der Waals surface area (Å²) in [7, 11) is -0.854. The number of rotatable bonds is 5. The van der Waals surface area contributed by atoms with Crippen molar-refractivity contribution in [3.05, 3.63) is 28.8 Å². The maximum atomic E-state index is 11.6. The fraction of sp³-hybridized carbons (Fsp3) is 0.364. The average molecular weight is 306 g/mol. The molecule has 0 aliphatic heterocycles. The highest BCUT2D eigenvalue weighted by Crippen LogP contribution is 2.19. The van der Waals surface area contributed by atoms with Gasteiger partial charge in [0.05, 0.1) is 6.54 Å². The quantitative estimate of drug-likeness (QED) is 0.851. The fourth-order valence-electron chi connectivity index (χ4n) is 1.16. The minimum absolute atomic E-state index is 0.341.